The quantitative estimate of drug-likeness (QED) is 0.619. The van der Waals surface area contributed by atoms with E-state index in [-0.39, 0.29) is 30.4 Å². The molecule has 0 N–H and O–H groups in total. The zero-order chi connectivity index (χ0) is 14.1. The van der Waals surface area contributed by atoms with E-state index in [9.17, 15) is 9.59 Å². The minimum atomic E-state index is -0.362. The molecule has 0 aliphatic carbocycles. The molecule has 0 fully saturated rings. The number of carbonyl (C=O) groups is 2. The van der Waals surface area contributed by atoms with Gasteiger partial charge < -0.3 is 14.4 Å². The van der Waals surface area contributed by atoms with E-state index in [1.807, 2.05) is 20.8 Å². The van der Waals surface area contributed by atoms with Gasteiger partial charge in [-0.05, 0) is 26.7 Å². The smallest absolute Gasteiger partial charge is 0.325 e. The van der Waals surface area contributed by atoms with Crippen LogP contribution >= 0.6 is 0 Å². The van der Waals surface area contributed by atoms with Crippen molar-refractivity contribution < 1.29 is 19.1 Å². The molecule has 0 aliphatic rings. The molecule has 1 unspecified atom stereocenters. The second kappa shape index (κ2) is 8.91. The summed E-state index contributed by atoms with van der Waals surface area (Å²) in [5, 5.41) is 0. The van der Waals surface area contributed by atoms with Crippen molar-refractivity contribution in [3.05, 3.63) is 0 Å². The Kier molecular flexibility index (Phi) is 8.37. The van der Waals surface area contributed by atoms with Crippen molar-refractivity contribution >= 4 is 11.9 Å². The molecule has 0 saturated carbocycles. The predicted octanol–water partition coefficient (Wildman–Crippen LogP) is 1.46. The minimum absolute atomic E-state index is 0.0170. The van der Waals surface area contributed by atoms with E-state index >= 15 is 0 Å². The summed E-state index contributed by atoms with van der Waals surface area (Å²) in [7, 11) is 1.61. The van der Waals surface area contributed by atoms with Crippen molar-refractivity contribution in [3.63, 3.8) is 0 Å². The zero-order valence-corrected chi connectivity index (χ0v) is 12.1. The molecular weight excluding hydrogens is 234 g/mol. The fourth-order valence-electron chi connectivity index (χ4n) is 1.66. The van der Waals surface area contributed by atoms with Crippen LogP contribution in [0.2, 0.25) is 0 Å². The summed E-state index contributed by atoms with van der Waals surface area (Å²) >= 11 is 0. The van der Waals surface area contributed by atoms with Crippen LogP contribution < -0.4 is 0 Å². The van der Waals surface area contributed by atoms with E-state index in [1.165, 1.54) is 0 Å². The molecule has 1 amide bonds. The Bertz CT molecular complexity index is 266. The van der Waals surface area contributed by atoms with Gasteiger partial charge in [-0.1, -0.05) is 6.92 Å². The van der Waals surface area contributed by atoms with Crippen LogP contribution in [0.5, 0.6) is 0 Å². The molecule has 0 spiro atoms. The molecular formula is C13H25NO4. The highest BCUT2D eigenvalue weighted by Gasteiger charge is 2.22. The first-order valence-electron chi connectivity index (χ1n) is 6.36. The summed E-state index contributed by atoms with van der Waals surface area (Å²) in [6, 6.07) is -0.0170. The fraction of sp³-hybridized carbons (Fsp3) is 0.846. The first-order chi connectivity index (χ1) is 8.42. The second-order valence-electron chi connectivity index (χ2n) is 4.69. The Morgan fingerprint density at radius 3 is 2.28 bits per heavy atom. The summed E-state index contributed by atoms with van der Waals surface area (Å²) < 4.78 is 9.87. The lowest BCUT2D eigenvalue weighted by molar-refractivity contribution is -0.150. The second-order valence-corrected chi connectivity index (χ2v) is 4.69. The Morgan fingerprint density at radius 2 is 1.83 bits per heavy atom. The topological polar surface area (TPSA) is 55.8 Å². The Labute approximate surface area is 109 Å². The van der Waals surface area contributed by atoms with E-state index in [4.69, 9.17) is 9.47 Å². The van der Waals surface area contributed by atoms with Crippen LogP contribution in [-0.4, -0.2) is 49.7 Å². The van der Waals surface area contributed by atoms with Crippen LogP contribution in [-0.2, 0) is 19.1 Å². The number of rotatable bonds is 8. The van der Waals surface area contributed by atoms with Gasteiger partial charge in [-0.15, -0.1) is 0 Å². The predicted molar refractivity (Wildman–Crippen MR) is 69.1 cm³/mol. The third-order valence-corrected chi connectivity index (χ3v) is 2.52. The first-order valence-corrected chi connectivity index (χ1v) is 6.36. The fourth-order valence-corrected chi connectivity index (χ4v) is 1.66. The van der Waals surface area contributed by atoms with Crippen molar-refractivity contribution in [2.75, 3.05) is 26.9 Å². The van der Waals surface area contributed by atoms with Gasteiger partial charge in [0.15, 0.2) is 0 Å². The van der Waals surface area contributed by atoms with Gasteiger partial charge in [-0.2, -0.15) is 0 Å². The molecule has 0 aromatic heterocycles. The maximum atomic E-state index is 12.1. The first kappa shape index (κ1) is 16.9. The standard InChI is InChI=1S/C13H25NO4/c1-6-18-13(16)8-14(10(2)3)12(15)7-11(4)9-17-5/h10-11H,6-9H2,1-5H3. The molecule has 0 aromatic carbocycles. The van der Waals surface area contributed by atoms with E-state index in [2.05, 4.69) is 0 Å². The zero-order valence-electron chi connectivity index (χ0n) is 12.1. The average molecular weight is 259 g/mol. The third kappa shape index (κ3) is 6.59. The van der Waals surface area contributed by atoms with Gasteiger partial charge in [0, 0.05) is 26.2 Å². The minimum Gasteiger partial charge on any atom is -0.465 e. The third-order valence-electron chi connectivity index (χ3n) is 2.52. The van der Waals surface area contributed by atoms with E-state index in [0.29, 0.717) is 19.6 Å². The van der Waals surface area contributed by atoms with Crippen molar-refractivity contribution in [2.24, 2.45) is 5.92 Å². The molecule has 106 valence electrons. The van der Waals surface area contributed by atoms with Crippen molar-refractivity contribution in [1.29, 1.82) is 0 Å². The van der Waals surface area contributed by atoms with Gasteiger partial charge in [0.05, 0.1) is 6.61 Å². The van der Waals surface area contributed by atoms with Gasteiger partial charge in [0.2, 0.25) is 5.91 Å². The van der Waals surface area contributed by atoms with Gasteiger partial charge in [-0.25, -0.2) is 0 Å². The molecule has 0 rings (SSSR count). The number of hydrogen-bond acceptors (Lipinski definition) is 4. The van der Waals surface area contributed by atoms with Crippen molar-refractivity contribution in [2.45, 2.75) is 40.2 Å². The highest BCUT2D eigenvalue weighted by molar-refractivity contribution is 5.82. The van der Waals surface area contributed by atoms with Crippen molar-refractivity contribution in [1.82, 2.24) is 4.90 Å². The summed E-state index contributed by atoms with van der Waals surface area (Å²) in [5.74, 6) is -0.257. The van der Waals surface area contributed by atoms with E-state index in [0.717, 1.165) is 0 Å². The summed E-state index contributed by atoms with van der Waals surface area (Å²) in [5.41, 5.74) is 0. The number of methoxy groups -OCH3 is 1. The Hall–Kier alpha value is -1.10. The van der Waals surface area contributed by atoms with Crippen LogP contribution in [0.1, 0.15) is 34.1 Å². The van der Waals surface area contributed by atoms with Gasteiger partial charge in [-0.3, -0.25) is 9.59 Å². The molecule has 0 bridgehead atoms. The van der Waals surface area contributed by atoms with Gasteiger partial charge in [0.1, 0.15) is 6.54 Å². The molecule has 18 heavy (non-hydrogen) atoms. The maximum Gasteiger partial charge on any atom is 0.325 e. The molecule has 0 heterocycles. The van der Waals surface area contributed by atoms with Crippen LogP contribution in [0.4, 0.5) is 0 Å². The van der Waals surface area contributed by atoms with Gasteiger partial charge >= 0.3 is 5.97 Å². The molecule has 0 aliphatic heterocycles. The number of hydrogen-bond donors (Lipinski definition) is 0. The molecule has 5 heteroatoms. The lowest BCUT2D eigenvalue weighted by Crippen LogP contribution is -2.42. The summed E-state index contributed by atoms with van der Waals surface area (Å²) in [6.07, 6.45) is 0.380. The summed E-state index contributed by atoms with van der Waals surface area (Å²) in [6.45, 7) is 8.36. The molecule has 0 aromatic rings. The lowest BCUT2D eigenvalue weighted by atomic mass is 10.1. The SMILES string of the molecule is CCOC(=O)CN(C(=O)CC(C)COC)C(C)C. The number of nitrogens with zero attached hydrogens (tertiary/aromatic N) is 1. The monoisotopic (exact) mass is 259 g/mol. The highest BCUT2D eigenvalue weighted by Crippen LogP contribution is 2.09. The van der Waals surface area contributed by atoms with Crippen LogP contribution in [0.15, 0.2) is 0 Å². The van der Waals surface area contributed by atoms with Gasteiger partial charge in [0.25, 0.3) is 0 Å². The highest BCUT2D eigenvalue weighted by atomic mass is 16.5. The van der Waals surface area contributed by atoms with Crippen molar-refractivity contribution in [3.8, 4) is 0 Å². The number of carbonyl (C=O) groups excluding carboxylic acids is 2. The lowest BCUT2D eigenvalue weighted by Gasteiger charge is -2.26. The molecule has 1 atom stereocenters. The number of amides is 1. The Morgan fingerprint density at radius 1 is 1.22 bits per heavy atom. The van der Waals surface area contributed by atoms with E-state index < -0.39 is 0 Å². The normalized spacial score (nSPS) is 12.3. The Balaban J connectivity index is 4.40. The molecule has 0 saturated heterocycles. The maximum absolute atomic E-state index is 12.1. The van der Waals surface area contributed by atoms with Crippen LogP contribution in [0.25, 0.3) is 0 Å². The van der Waals surface area contributed by atoms with Crippen LogP contribution in [0.3, 0.4) is 0 Å². The average Bonchev–Trinajstić information content (AvgIpc) is 2.25. The molecule has 0 radical (unpaired) electrons. The van der Waals surface area contributed by atoms with E-state index in [1.54, 1.807) is 18.9 Å². The summed E-state index contributed by atoms with van der Waals surface area (Å²) in [4.78, 5) is 25.1. The number of ether oxygens (including phenoxy) is 2. The molecule has 5 nitrogen and oxygen atoms in total. The van der Waals surface area contributed by atoms with Crippen LogP contribution in [0, 0.1) is 5.92 Å². The number of esters is 1. The largest absolute Gasteiger partial charge is 0.465 e.